The lowest BCUT2D eigenvalue weighted by atomic mass is 10.1. The average Bonchev–Trinajstić information content (AvgIpc) is 2.99. The van der Waals surface area contributed by atoms with Gasteiger partial charge in [-0.15, -0.1) is 0 Å². The molecule has 0 aliphatic rings. The van der Waals surface area contributed by atoms with Gasteiger partial charge in [-0.3, -0.25) is 20.0 Å². The summed E-state index contributed by atoms with van der Waals surface area (Å²) in [6.45, 7) is 0.374. The first-order valence-corrected chi connectivity index (χ1v) is 7.46. The van der Waals surface area contributed by atoms with Crippen molar-refractivity contribution < 1.29 is 9.72 Å². The van der Waals surface area contributed by atoms with Crippen molar-refractivity contribution in [3.05, 3.63) is 68.9 Å². The summed E-state index contributed by atoms with van der Waals surface area (Å²) in [7, 11) is 1.65. The van der Waals surface area contributed by atoms with Gasteiger partial charge in [0.25, 0.3) is 11.6 Å². The number of benzene rings is 2. The number of hydrogen-bond donors (Lipinski definition) is 1. The highest BCUT2D eigenvalue weighted by Crippen LogP contribution is 2.23. The third kappa shape index (κ3) is 3.07. The first-order chi connectivity index (χ1) is 11.5. The predicted molar refractivity (Wildman–Crippen MR) is 90.0 cm³/mol. The molecule has 0 saturated carbocycles. The monoisotopic (exact) mass is 344 g/mol. The molecule has 0 fully saturated rings. The van der Waals surface area contributed by atoms with E-state index in [1.54, 1.807) is 19.2 Å². The molecule has 0 atom stereocenters. The van der Waals surface area contributed by atoms with Crippen molar-refractivity contribution in [3.63, 3.8) is 0 Å². The van der Waals surface area contributed by atoms with Gasteiger partial charge in [-0.1, -0.05) is 23.7 Å². The number of amides is 1. The average molecular weight is 345 g/mol. The molecule has 1 amide bonds. The van der Waals surface area contributed by atoms with E-state index in [9.17, 15) is 14.9 Å². The summed E-state index contributed by atoms with van der Waals surface area (Å²) in [4.78, 5) is 24.5. The molecule has 0 bridgehead atoms. The van der Waals surface area contributed by atoms with Crippen molar-refractivity contribution in [2.24, 2.45) is 0 Å². The van der Waals surface area contributed by atoms with E-state index in [0.717, 1.165) is 5.56 Å². The van der Waals surface area contributed by atoms with Crippen LogP contribution in [-0.2, 0) is 6.54 Å². The topological polar surface area (TPSA) is 92.1 Å². The van der Waals surface area contributed by atoms with E-state index in [2.05, 4.69) is 10.2 Å². The van der Waals surface area contributed by atoms with Crippen LogP contribution in [0.5, 0.6) is 0 Å². The second kappa shape index (κ2) is 6.29. The molecule has 3 aromatic rings. The Morgan fingerprint density at radius 2 is 2.00 bits per heavy atom. The minimum absolute atomic E-state index is 0.0849. The number of nitro benzene ring substituents is 1. The van der Waals surface area contributed by atoms with Crippen molar-refractivity contribution >= 4 is 34.1 Å². The zero-order valence-corrected chi connectivity index (χ0v) is 13.4. The van der Waals surface area contributed by atoms with E-state index < -0.39 is 4.92 Å². The van der Waals surface area contributed by atoms with Crippen molar-refractivity contribution in [3.8, 4) is 0 Å². The van der Waals surface area contributed by atoms with Gasteiger partial charge in [0, 0.05) is 36.1 Å². The number of nitrogens with one attached hydrogen (secondary N) is 1. The van der Waals surface area contributed by atoms with Crippen molar-refractivity contribution in [1.82, 2.24) is 15.1 Å². The Morgan fingerprint density at radius 3 is 2.67 bits per heavy atom. The summed E-state index contributed by atoms with van der Waals surface area (Å²) in [5.41, 5.74) is 1.56. The Morgan fingerprint density at radius 1 is 1.29 bits per heavy atom. The Kier molecular flexibility index (Phi) is 4.18. The highest BCUT2D eigenvalue weighted by atomic mass is 35.5. The number of H-pyrrole nitrogens is 1. The van der Waals surface area contributed by atoms with E-state index in [0.29, 0.717) is 22.5 Å². The minimum atomic E-state index is -0.502. The molecule has 0 aliphatic carbocycles. The molecule has 0 saturated heterocycles. The number of nitrogens with zero attached hydrogens (tertiary/aromatic N) is 3. The predicted octanol–water partition coefficient (Wildman–Crippen LogP) is 3.40. The number of aromatic amines is 1. The minimum Gasteiger partial charge on any atom is -0.336 e. The molecule has 0 radical (unpaired) electrons. The second-order valence-corrected chi connectivity index (χ2v) is 5.78. The summed E-state index contributed by atoms with van der Waals surface area (Å²) < 4.78 is 0. The molecule has 2 aromatic carbocycles. The molecule has 8 heteroatoms. The molecule has 7 nitrogen and oxygen atoms in total. The Labute approximate surface area is 142 Å². The molecule has 0 aliphatic heterocycles. The molecule has 0 spiro atoms. The van der Waals surface area contributed by atoms with Gasteiger partial charge in [-0.2, -0.15) is 5.10 Å². The summed E-state index contributed by atoms with van der Waals surface area (Å²) >= 11 is 5.85. The Balaban J connectivity index is 1.88. The smallest absolute Gasteiger partial charge is 0.275 e. The van der Waals surface area contributed by atoms with E-state index in [4.69, 9.17) is 11.6 Å². The molecule has 1 heterocycles. The molecular formula is C16H13ClN4O3. The number of rotatable bonds is 4. The molecular weight excluding hydrogens is 332 g/mol. The van der Waals surface area contributed by atoms with Gasteiger partial charge in [0.15, 0.2) is 5.69 Å². The summed E-state index contributed by atoms with van der Waals surface area (Å²) in [6.07, 6.45) is 0. The standard InChI is InChI=1S/C16H13ClN4O3/c1-20(9-10-2-4-11(17)5-3-10)16(22)15-13-8-12(21(23)24)6-7-14(13)18-19-15/h2-8H,9H2,1H3,(H,18,19). The highest BCUT2D eigenvalue weighted by molar-refractivity contribution is 6.30. The van der Waals surface area contributed by atoms with Gasteiger partial charge in [0.1, 0.15) is 0 Å². The van der Waals surface area contributed by atoms with Gasteiger partial charge < -0.3 is 4.90 Å². The zero-order valence-electron chi connectivity index (χ0n) is 12.7. The van der Waals surface area contributed by atoms with Crippen LogP contribution in [0.3, 0.4) is 0 Å². The van der Waals surface area contributed by atoms with Crippen LogP contribution in [0.1, 0.15) is 16.1 Å². The number of hydrogen-bond acceptors (Lipinski definition) is 4. The van der Waals surface area contributed by atoms with E-state index in [1.165, 1.54) is 23.1 Å². The fraction of sp³-hybridized carbons (Fsp3) is 0.125. The van der Waals surface area contributed by atoms with Gasteiger partial charge in [-0.25, -0.2) is 0 Å². The summed E-state index contributed by atoms with van der Waals surface area (Å²) in [6, 6.07) is 11.4. The maximum Gasteiger partial charge on any atom is 0.275 e. The van der Waals surface area contributed by atoms with Crippen LogP contribution >= 0.6 is 11.6 Å². The van der Waals surface area contributed by atoms with Crippen LogP contribution in [0.4, 0.5) is 5.69 Å². The molecule has 1 aromatic heterocycles. The number of nitro groups is 1. The highest BCUT2D eigenvalue weighted by Gasteiger charge is 2.20. The van der Waals surface area contributed by atoms with E-state index >= 15 is 0 Å². The fourth-order valence-electron chi connectivity index (χ4n) is 2.39. The summed E-state index contributed by atoms with van der Waals surface area (Å²) in [5, 5.41) is 18.7. The van der Waals surface area contributed by atoms with Gasteiger partial charge in [-0.05, 0) is 23.8 Å². The number of carbonyl (C=O) groups excluding carboxylic acids is 1. The van der Waals surface area contributed by atoms with E-state index in [1.807, 2.05) is 12.1 Å². The van der Waals surface area contributed by atoms with Gasteiger partial charge in [0.05, 0.1) is 10.4 Å². The van der Waals surface area contributed by atoms with Crippen LogP contribution in [0.25, 0.3) is 10.9 Å². The number of fused-ring (bicyclic) bond motifs is 1. The van der Waals surface area contributed by atoms with E-state index in [-0.39, 0.29) is 17.3 Å². The molecule has 0 unspecified atom stereocenters. The van der Waals surface area contributed by atoms with Crippen LogP contribution in [-0.4, -0.2) is 33.0 Å². The molecule has 1 N–H and O–H groups in total. The molecule has 3 rings (SSSR count). The maximum atomic E-state index is 12.6. The Bertz CT molecular complexity index is 921. The SMILES string of the molecule is CN(Cc1ccc(Cl)cc1)C(=O)c1n[nH]c2ccc([N+](=O)[O-])cc12. The largest absolute Gasteiger partial charge is 0.336 e. The fourth-order valence-corrected chi connectivity index (χ4v) is 2.52. The maximum absolute atomic E-state index is 12.6. The van der Waals surface area contributed by atoms with Gasteiger partial charge >= 0.3 is 0 Å². The normalized spacial score (nSPS) is 10.8. The quantitative estimate of drug-likeness (QED) is 0.580. The van der Waals surface area contributed by atoms with Gasteiger partial charge in [0.2, 0.25) is 0 Å². The first kappa shape index (κ1) is 15.9. The zero-order chi connectivity index (χ0) is 17.3. The van der Waals surface area contributed by atoms with Crippen LogP contribution < -0.4 is 0 Å². The van der Waals surface area contributed by atoms with Crippen molar-refractivity contribution in [2.45, 2.75) is 6.54 Å². The van der Waals surface area contributed by atoms with Crippen LogP contribution in [0, 0.1) is 10.1 Å². The second-order valence-electron chi connectivity index (χ2n) is 5.35. The lowest BCUT2D eigenvalue weighted by Gasteiger charge is -2.16. The number of halogens is 1. The number of non-ortho nitro benzene ring substituents is 1. The third-order valence-electron chi connectivity index (χ3n) is 3.64. The third-order valence-corrected chi connectivity index (χ3v) is 3.89. The number of carbonyl (C=O) groups is 1. The summed E-state index contributed by atoms with van der Waals surface area (Å²) in [5.74, 6) is -0.323. The van der Waals surface area contributed by atoms with Crippen molar-refractivity contribution in [1.29, 1.82) is 0 Å². The Hall–Kier alpha value is -2.93. The number of aromatic nitrogens is 2. The lowest BCUT2D eigenvalue weighted by molar-refractivity contribution is -0.384. The van der Waals surface area contributed by atoms with Crippen LogP contribution in [0.15, 0.2) is 42.5 Å². The van der Waals surface area contributed by atoms with Crippen molar-refractivity contribution in [2.75, 3.05) is 7.05 Å². The lowest BCUT2D eigenvalue weighted by Crippen LogP contribution is -2.26. The van der Waals surface area contributed by atoms with Crippen LogP contribution in [0.2, 0.25) is 5.02 Å². The molecule has 24 heavy (non-hydrogen) atoms. The first-order valence-electron chi connectivity index (χ1n) is 7.08. The molecule has 122 valence electrons.